The van der Waals surface area contributed by atoms with Gasteiger partial charge in [-0.15, -0.1) is 0 Å². The highest BCUT2D eigenvalue weighted by atomic mass is 79.9. The monoisotopic (exact) mass is 983 g/mol. The fourth-order valence-electron chi connectivity index (χ4n) is 5.58. The number of rotatable bonds is 16. The molecule has 62 heavy (non-hydrogen) atoms. The first-order chi connectivity index (χ1) is 29.9. The van der Waals surface area contributed by atoms with Crippen molar-refractivity contribution in [3.8, 4) is 57.4 Å². The van der Waals surface area contributed by atoms with E-state index in [2.05, 4.69) is 41.8 Å². The van der Waals surface area contributed by atoms with E-state index < -0.39 is 12.2 Å². The number of methoxy groups -OCH3 is 8. The van der Waals surface area contributed by atoms with Gasteiger partial charge in [0.05, 0.1) is 56.0 Å². The molecule has 0 aliphatic carbocycles. The summed E-state index contributed by atoms with van der Waals surface area (Å²) < 4.78 is 54.4. The zero-order valence-corrected chi connectivity index (χ0v) is 38.9. The van der Waals surface area contributed by atoms with Gasteiger partial charge in [0.1, 0.15) is 49.6 Å². The summed E-state index contributed by atoms with van der Waals surface area (Å²) in [6.45, 7) is 0. The van der Waals surface area contributed by atoms with Crippen LogP contribution in [0.3, 0.4) is 0 Å². The number of aromatic nitrogens is 2. The van der Waals surface area contributed by atoms with Crippen LogP contribution >= 0.6 is 31.9 Å². The predicted octanol–water partition coefficient (Wildman–Crippen LogP) is 9.22. The lowest BCUT2D eigenvalue weighted by Gasteiger charge is -2.20. The Labute approximate surface area is 376 Å². The van der Waals surface area contributed by atoms with Crippen LogP contribution < -0.4 is 28.4 Å². The summed E-state index contributed by atoms with van der Waals surface area (Å²) in [4.78, 5) is 37.8. The molecule has 18 heteroatoms. The van der Waals surface area contributed by atoms with Crippen molar-refractivity contribution in [1.82, 2.24) is 15.0 Å². The summed E-state index contributed by atoms with van der Waals surface area (Å²) in [5.74, 6) is 4.36. The van der Waals surface area contributed by atoms with Gasteiger partial charge in [0.15, 0.2) is 11.9 Å². The summed E-state index contributed by atoms with van der Waals surface area (Å²) in [5.41, 5.74) is 2.87. The van der Waals surface area contributed by atoms with Crippen molar-refractivity contribution in [3.63, 3.8) is 0 Å². The molecular weight excluding hydrogens is 938 g/mol. The number of amides is 1. The number of hydroxylamine groups is 2. The highest BCUT2D eigenvalue weighted by molar-refractivity contribution is 9.11. The topological polar surface area (TPSA) is 173 Å². The lowest BCUT2D eigenvalue weighted by atomic mass is 10.1. The average molecular weight is 986 g/mol. The maximum Gasteiger partial charge on any atom is 0.279 e. The van der Waals surface area contributed by atoms with Crippen LogP contribution in [-0.2, 0) is 19.1 Å². The second-order valence-corrected chi connectivity index (χ2v) is 14.0. The van der Waals surface area contributed by atoms with E-state index in [1.807, 2.05) is 24.3 Å². The van der Waals surface area contributed by atoms with Gasteiger partial charge < -0.3 is 46.7 Å². The van der Waals surface area contributed by atoms with Crippen LogP contribution in [0, 0.1) is 0 Å². The second kappa shape index (κ2) is 23.9. The van der Waals surface area contributed by atoms with Crippen molar-refractivity contribution >= 4 is 43.6 Å². The summed E-state index contributed by atoms with van der Waals surface area (Å²) in [7, 11) is 15.3. The highest BCUT2D eigenvalue weighted by Gasteiger charge is 2.26. The molecule has 6 aromatic rings. The maximum absolute atomic E-state index is 12.9. The number of ketones is 1. The number of hydrogen-bond donors (Lipinski definition) is 0. The van der Waals surface area contributed by atoms with Crippen LogP contribution in [0.25, 0.3) is 22.6 Å². The quantitative estimate of drug-likeness (QED) is 0.0663. The van der Waals surface area contributed by atoms with Crippen LogP contribution in [0.2, 0.25) is 0 Å². The standard InChI is InChI=1S/C21H20BrNO6.C12H11BrO3.C11H16N2O4/c1-25-16-9-13(10-17(26-2)19(16)22)14-6-7-15(29-14)20(24)21(28-4)12-5-8-18(27-3)23-11-12;1-14-10-6-8(9-4-3-5-16-9)7-11(15-2)12(10)13;1-13(17-4)11(14)10(16-3)8-5-6-9(15-2)12-7-8/h5-11,21H,1-4H3;3-7H,1-2H3;5-7,10H,1-4H3. The molecule has 2 aromatic carbocycles. The third kappa shape index (κ3) is 12.1. The third-order valence-electron chi connectivity index (χ3n) is 8.89. The largest absolute Gasteiger partial charge is 0.495 e. The molecule has 0 radical (unpaired) electrons. The first-order valence-corrected chi connectivity index (χ1v) is 19.9. The van der Waals surface area contributed by atoms with Gasteiger partial charge in [0.25, 0.3) is 5.91 Å². The fourth-order valence-corrected chi connectivity index (χ4v) is 6.69. The number of ether oxygens (including phenoxy) is 8. The first-order valence-electron chi connectivity index (χ1n) is 18.3. The van der Waals surface area contributed by atoms with Crippen LogP contribution in [0.4, 0.5) is 0 Å². The molecule has 0 spiro atoms. The van der Waals surface area contributed by atoms with Gasteiger partial charge in [-0.3, -0.25) is 14.4 Å². The molecule has 6 rings (SSSR count). The fraction of sp³-hybridized carbons (Fsp3) is 0.273. The molecule has 0 saturated carbocycles. The average Bonchev–Trinajstić information content (AvgIpc) is 4.05. The van der Waals surface area contributed by atoms with E-state index in [0.29, 0.717) is 61.7 Å². The Bertz CT molecular complexity index is 2290. The Kier molecular flexibility index (Phi) is 18.8. The molecule has 0 aliphatic rings. The molecule has 2 atom stereocenters. The van der Waals surface area contributed by atoms with Gasteiger partial charge in [0, 0.05) is 68.0 Å². The van der Waals surface area contributed by atoms with Crippen molar-refractivity contribution in [1.29, 1.82) is 0 Å². The first kappa shape index (κ1) is 48.7. The van der Waals surface area contributed by atoms with Crippen molar-refractivity contribution in [2.45, 2.75) is 12.2 Å². The molecule has 4 aromatic heterocycles. The molecule has 0 N–H and O–H groups in total. The minimum Gasteiger partial charge on any atom is -0.495 e. The van der Waals surface area contributed by atoms with Crippen LogP contribution in [0.1, 0.15) is 33.9 Å². The number of benzene rings is 2. The number of carbonyl (C=O) groups excluding carboxylic acids is 2. The van der Waals surface area contributed by atoms with Crippen molar-refractivity contribution in [3.05, 3.63) is 117 Å². The minimum absolute atomic E-state index is 0.170. The molecule has 0 saturated heterocycles. The highest BCUT2D eigenvalue weighted by Crippen LogP contribution is 2.40. The molecule has 0 fully saturated rings. The van der Waals surface area contributed by atoms with Gasteiger partial charge in [-0.2, -0.15) is 0 Å². The van der Waals surface area contributed by atoms with E-state index in [1.54, 1.807) is 89.4 Å². The zero-order chi connectivity index (χ0) is 45.3. The van der Waals surface area contributed by atoms with E-state index >= 15 is 0 Å². The molecule has 0 bridgehead atoms. The number of halogens is 2. The van der Waals surface area contributed by atoms with Gasteiger partial charge in [0.2, 0.25) is 17.5 Å². The lowest BCUT2D eigenvalue weighted by molar-refractivity contribution is -0.180. The second-order valence-electron chi connectivity index (χ2n) is 12.4. The zero-order valence-electron chi connectivity index (χ0n) is 35.7. The number of hydrogen-bond acceptors (Lipinski definition) is 15. The number of pyridine rings is 2. The van der Waals surface area contributed by atoms with E-state index in [9.17, 15) is 9.59 Å². The van der Waals surface area contributed by atoms with Gasteiger partial charge in [-0.05, 0) is 92.5 Å². The Hall–Kier alpha value is -5.92. The number of carbonyl (C=O) groups is 2. The SMILES string of the molecule is COc1cc(-c2ccco2)cc(OC)c1Br.COc1ccc(C(OC)C(=O)N(C)OC)cn1.COc1ccc(C(OC)C(=O)c2ccc(-c3cc(OC)c(Br)c(OC)c3)o2)cn1. The van der Waals surface area contributed by atoms with Crippen LogP contribution in [0.5, 0.6) is 34.8 Å². The van der Waals surface area contributed by atoms with Crippen molar-refractivity contribution < 1.29 is 61.2 Å². The molecule has 0 aliphatic heterocycles. The van der Waals surface area contributed by atoms with Crippen molar-refractivity contribution in [2.24, 2.45) is 0 Å². The van der Waals surface area contributed by atoms with E-state index in [1.165, 1.54) is 48.8 Å². The number of likely N-dealkylation sites (N-methyl/N-ethyl adjacent to an activating group) is 1. The molecule has 2 unspecified atom stereocenters. The molecule has 4 heterocycles. The normalized spacial score (nSPS) is 11.4. The number of Topliss-reactive ketones (excluding diaryl/α,β-unsaturated/α-hetero) is 1. The summed E-state index contributed by atoms with van der Waals surface area (Å²) in [5, 5.41) is 1.11. The Morgan fingerprint density at radius 3 is 1.44 bits per heavy atom. The maximum atomic E-state index is 12.9. The summed E-state index contributed by atoms with van der Waals surface area (Å²) >= 11 is 6.85. The minimum atomic E-state index is -0.846. The van der Waals surface area contributed by atoms with Gasteiger partial charge >= 0.3 is 0 Å². The van der Waals surface area contributed by atoms with E-state index in [-0.39, 0.29) is 17.5 Å². The smallest absolute Gasteiger partial charge is 0.279 e. The van der Waals surface area contributed by atoms with Crippen LogP contribution in [-0.4, -0.2) is 97.8 Å². The Morgan fingerprint density at radius 1 is 0.597 bits per heavy atom. The summed E-state index contributed by atoms with van der Waals surface area (Å²) in [6.07, 6.45) is 3.13. The van der Waals surface area contributed by atoms with Crippen LogP contribution in [0.15, 0.2) is 109 Å². The van der Waals surface area contributed by atoms with E-state index in [0.717, 1.165) is 20.9 Å². The molecule has 16 nitrogen and oxygen atoms in total. The van der Waals surface area contributed by atoms with Crippen molar-refractivity contribution in [2.75, 3.05) is 71.0 Å². The number of furan rings is 2. The van der Waals surface area contributed by atoms with Gasteiger partial charge in [-0.1, -0.05) is 0 Å². The Morgan fingerprint density at radius 2 is 1.06 bits per heavy atom. The summed E-state index contributed by atoms with van der Waals surface area (Å²) in [6, 6.07) is 21.2. The number of nitrogens with zero attached hydrogens (tertiary/aromatic N) is 3. The molecule has 330 valence electrons. The third-order valence-corrected chi connectivity index (χ3v) is 10.5. The van der Waals surface area contributed by atoms with Gasteiger partial charge in [-0.25, -0.2) is 15.0 Å². The molecule has 1 amide bonds. The van der Waals surface area contributed by atoms with E-state index in [4.69, 9.17) is 51.6 Å². The Balaban J connectivity index is 0.000000219. The lowest BCUT2D eigenvalue weighted by Crippen LogP contribution is -2.31. The predicted molar refractivity (Wildman–Crippen MR) is 235 cm³/mol. The molecular formula is C44H47Br2N3O13.